The van der Waals surface area contributed by atoms with Crippen molar-refractivity contribution in [3.63, 3.8) is 0 Å². The third-order valence-corrected chi connectivity index (χ3v) is 5.97. The number of hydrogen-bond donors (Lipinski definition) is 1. The molecule has 12 heteroatoms. The van der Waals surface area contributed by atoms with E-state index in [0.29, 0.717) is 22.0 Å². The maximum Gasteiger partial charge on any atom is 0.451 e. The van der Waals surface area contributed by atoms with Crippen molar-refractivity contribution >= 4 is 16.7 Å². The van der Waals surface area contributed by atoms with Crippen molar-refractivity contribution in [1.29, 1.82) is 0 Å². The molecule has 0 radical (unpaired) electrons. The van der Waals surface area contributed by atoms with Gasteiger partial charge in [-0.2, -0.15) is 18.3 Å². The first-order valence-corrected chi connectivity index (χ1v) is 10.7. The van der Waals surface area contributed by atoms with Crippen LogP contribution in [0.25, 0.3) is 10.8 Å². The molecule has 0 fully saturated rings. The van der Waals surface area contributed by atoms with Gasteiger partial charge in [-0.25, -0.2) is 9.49 Å². The maximum absolute atomic E-state index is 14.7. The van der Waals surface area contributed by atoms with Gasteiger partial charge in [0, 0.05) is 18.4 Å². The van der Waals surface area contributed by atoms with Gasteiger partial charge in [-0.15, -0.1) is 10.2 Å². The molecule has 1 aliphatic heterocycles. The van der Waals surface area contributed by atoms with E-state index >= 15 is 0 Å². The highest BCUT2D eigenvalue weighted by Gasteiger charge is 2.42. The molecule has 8 nitrogen and oxygen atoms in total. The zero-order valence-corrected chi connectivity index (χ0v) is 18.3. The minimum Gasteiger partial charge on any atom is -0.329 e. The molecular weight excluding hydrogens is 468 g/mol. The molecule has 1 atom stereocenters. The molecule has 0 saturated carbocycles. The van der Waals surface area contributed by atoms with Crippen molar-refractivity contribution in [3.05, 3.63) is 87.1 Å². The Balaban J connectivity index is 1.44. The number of carbonyl (C=O) groups is 1. The SMILES string of the molecule is C[C@@H]1CN(C(=O)c2cc(Cc3n[nH]c(=O)c4ccccc34)ccc2F)Cc2nnc(C(F)(F)F)n21. The largest absolute Gasteiger partial charge is 0.451 e. The second-order valence-electron chi connectivity index (χ2n) is 8.38. The molecule has 2 aromatic carbocycles. The molecule has 0 saturated heterocycles. The summed E-state index contributed by atoms with van der Waals surface area (Å²) in [5, 5.41) is 14.5. The van der Waals surface area contributed by atoms with Crippen LogP contribution in [0.2, 0.25) is 0 Å². The van der Waals surface area contributed by atoms with E-state index in [1.807, 2.05) is 0 Å². The number of H-pyrrole nitrogens is 1. The lowest BCUT2D eigenvalue weighted by atomic mass is 10.0. The summed E-state index contributed by atoms with van der Waals surface area (Å²) in [5.74, 6) is -2.57. The lowest BCUT2D eigenvalue weighted by Gasteiger charge is -2.32. The van der Waals surface area contributed by atoms with E-state index in [1.165, 1.54) is 24.0 Å². The van der Waals surface area contributed by atoms with Crippen LogP contribution in [0.1, 0.15) is 46.2 Å². The van der Waals surface area contributed by atoms with Gasteiger partial charge in [0.1, 0.15) is 5.82 Å². The van der Waals surface area contributed by atoms with Gasteiger partial charge in [-0.05, 0) is 30.7 Å². The number of carbonyl (C=O) groups excluding carboxylic acids is 1. The fourth-order valence-electron chi connectivity index (χ4n) is 4.39. The number of aromatic amines is 1. The zero-order chi connectivity index (χ0) is 24.9. The number of hydrogen-bond acceptors (Lipinski definition) is 5. The second-order valence-corrected chi connectivity index (χ2v) is 8.38. The first-order valence-electron chi connectivity index (χ1n) is 10.7. The van der Waals surface area contributed by atoms with Crippen LogP contribution in [0.15, 0.2) is 47.3 Å². The molecule has 0 aliphatic carbocycles. The lowest BCUT2D eigenvalue weighted by molar-refractivity contribution is -0.148. The smallest absolute Gasteiger partial charge is 0.329 e. The van der Waals surface area contributed by atoms with Crippen LogP contribution in [0.4, 0.5) is 17.6 Å². The van der Waals surface area contributed by atoms with Gasteiger partial charge in [-0.3, -0.25) is 9.59 Å². The number of benzene rings is 2. The molecule has 1 amide bonds. The van der Waals surface area contributed by atoms with Crippen LogP contribution < -0.4 is 5.56 Å². The number of nitrogens with zero attached hydrogens (tertiary/aromatic N) is 5. The summed E-state index contributed by atoms with van der Waals surface area (Å²) in [6.45, 7) is 1.21. The topological polar surface area (TPSA) is 96.8 Å². The normalized spacial score (nSPS) is 15.9. The minimum atomic E-state index is -4.67. The number of amides is 1. The van der Waals surface area contributed by atoms with Crippen LogP contribution in [-0.2, 0) is 19.1 Å². The van der Waals surface area contributed by atoms with Gasteiger partial charge < -0.3 is 9.47 Å². The molecule has 1 aliphatic rings. The Morgan fingerprint density at radius 1 is 1.14 bits per heavy atom. The highest BCUT2D eigenvalue weighted by Crippen LogP contribution is 2.33. The molecule has 0 unspecified atom stereocenters. The highest BCUT2D eigenvalue weighted by atomic mass is 19.4. The standard InChI is InChI=1S/C23H18F4N6O2/c1-12-10-32(11-19-29-31-22(33(12)19)23(25,26)27)21(35)16-8-13(6-7-17(16)24)9-18-14-4-2-3-5-15(14)20(34)30-28-18/h2-8,12H,9-11H2,1H3,(H,30,34)/t12-/m1/s1. The van der Waals surface area contributed by atoms with E-state index in [4.69, 9.17) is 0 Å². The third-order valence-electron chi connectivity index (χ3n) is 5.97. The van der Waals surface area contributed by atoms with E-state index in [1.54, 1.807) is 24.3 Å². The Hall–Kier alpha value is -4.09. The van der Waals surface area contributed by atoms with Crippen molar-refractivity contribution < 1.29 is 22.4 Å². The summed E-state index contributed by atoms with van der Waals surface area (Å²) in [6, 6.07) is 10.2. The summed E-state index contributed by atoms with van der Waals surface area (Å²) >= 11 is 0. The predicted molar refractivity (Wildman–Crippen MR) is 116 cm³/mol. The summed E-state index contributed by atoms with van der Waals surface area (Å²) in [6.07, 6.45) is -4.45. The average molecular weight is 486 g/mol. The minimum absolute atomic E-state index is 0.0232. The lowest BCUT2D eigenvalue weighted by Crippen LogP contribution is -2.41. The molecule has 0 bridgehead atoms. The van der Waals surface area contributed by atoms with E-state index in [-0.39, 0.29) is 36.5 Å². The van der Waals surface area contributed by atoms with Crippen molar-refractivity contribution in [2.45, 2.75) is 32.1 Å². The summed E-state index contributed by atoms with van der Waals surface area (Å²) in [4.78, 5) is 26.5. The Morgan fingerprint density at radius 2 is 1.89 bits per heavy atom. The molecule has 4 aromatic rings. The Morgan fingerprint density at radius 3 is 2.63 bits per heavy atom. The van der Waals surface area contributed by atoms with Crippen LogP contribution >= 0.6 is 0 Å². The Kier molecular flexibility index (Phi) is 5.37. The molecule has 2 aromatic heterocycles. The monoisotopic (exact) mass is 486 g/mol. The number of aromatic nitrogens is 5. The van der Waals surface area contributed by atoms with E-state index in [9.17, 15) is 27.2 Å². The van der Waals surface area contributed by atoms with Gasteiger partial charge in [-0.1, -0.05) is 24.3 Å². The highest BCUT2D eigenvalue weighted by molar-refractivity contribution is 5.95. The van der Waals surface area contributed by atoms with Crippen LogP contribution in [-0.4, -0.2) is 42.3 Å². The summed E-state index contributed by atoms with van der Waals surface area (Å²) in [5.41, 5.74) is 0.573. The Bertz CT molecular complexity index is 1510. The van der Waals surface area contributed by atoms with Gasteiger partial charge >= 0.3 is 6.18 Å². The van der Waals surface area contributed by atoms with E-state index in [2.05, 4.69) is 20.4 Å². The average Bonchev–Trinajstić information content (AvgIpc) is 3.27. The molecule has 35 heavy (non-hydrogen) atoms. The summed E-state index contributed by atoms with van der Waals surface area (Å²) in [7, 11) is 0. The molecule has 1 N–H and O–H groups in total. The van der Waals surface area contributed by atoms with Crippen molar-refractivity contribution in [2.75, 3.05) is 6.54 Å². The Labute approximate surface area is 195 Å². The number of halogens is 4. The number of rotatable bonds is 3. The fourth-order valence-corrected chi connectivity index (χ4v) is 4.39. The number of fused-ring (bicyclic) bond motifs is 2. The quantitative estimate of drug-likeness (QED) is 0.448. The molecule has 5 rings (SSSR count). The van der Waals surface area contributed by atoms with Crippen LogP contribution in [0.5, 0.6) is 0 Å². The maximum atomic E-state index is 14.7. The van der Waals surface area contributed by atoms with Crippen LogP contribution in [0, 0.1) is 5.82 Å². The predicted octanol–water partition coefficient (Wildman–Crippen LogP) is 3.48. The third kappa shape index (κ3) is 4.04. The number of alkyl halides is 3. The fraction of sp³-hybridized carbons (Fsp3) is 0.261. The van der Waals surface area contributed by atoms with Gasteiger partial charge in [0.25, 0.3) is 11.5 Å². The van der Waals surface area contributed by atoms with E-state index in [0.717, 1.165) is 10.6 Å². The van der Waals surface area contributed by atoms with Crippen molar-refractivity contribution in [2.24, 2.45) is 0 Å². The second kappa shape index (κ2) is 8.29. The van der Waals surface area contributed by atoms with Gasteiger partial charge in [0.15, 0.2) is 5.82 Å². The van der Waals surface area contributed by atoms with Crippen molar-refractivity contribution in [1.82, 2.24) is 29.9 Å². The number of nitrogens with one attached hydrogen (secondary N) is 1. The van der Waals surface area contributed by atoms with Gasteiger partial charge in [0.2, 0.25) is 5.82 Å². The van der Waals surface area contributed by atoms with Crippen LogP contribution in [0.3, 0.4) is 0 Å². The molecular formula is C23H18F4N6O2. The summed E-state index contributed by atoms with van der Waals surface area (Å²) < 4.78 is 55.3. The molecule has 3 heterocycles. The first-order chi connectivity index (χ1) is 16.6. The van der Waals surface area contributed by atoms with Gasteiger partial charge in [0.05, 0.1) is 29.2 Å². The zero-order valence-electron chi connectivity index (χ0n) is 18.3. The molecule has 0 spiro atoms. The first kappa shape index (κ1) is 22.7. The van der Waals surface area contributed by atoms with E-state index < -0.39 is 29.8 Å². The van der Waals surface area contributed by atoms with Crippen molar-refractivity contribution in [3.8, 4) is 0 Å². The molecule has 180 valence electrons.